The molecular formula is C13H28O2Si2. The van der Waals surface area contributed by atoms with Crippen LogP contribution in [0.3, 0.4) is 0 Å². The van der Waals surface area contributed by atoms with Crippen molar-refractivity contribution in [3.05, 3.63) is 24.7 Å². The molecule has 0 N–H and O–H groups in total. The average molecular weight is 273 g/mol. The molecule has 0 saturated carbocycles. The van der Waals surface area contributed by atoms with Crippen molar-refractivity contribution in [2.45, 2.75) is 58.5 Å². The van der Waals surface area contributed by atoms with Crippen LogP contribution in [0.1, 0.15) is 20.8 Å². The van der Waals surface area contributed by atoms with Crippen molar-refractivity contribution in [2.75, 3.05) is 0 Å². The van der Waals surface area contributed by atoms with Crippen LogP contribution in [0.15, 0.2) is 24.7 Å². The van der Waals surface area contributed by atoms with E-state index in [1.807, 2.05) is 6.08 Å². The van der Waals surface area contributed by atoms with Gasteiger partial charge >= 0.3 is 0 Å². The molecule has 0 aliphatic rings. The van der Waals surface area contributed by atoms with E-state index in [9.17, 15) is 0 Å². The van der Waals surface area contributed by atoms with E-state index >= 15 is 0 Å². The van der Waals surface area contributed by atoms with Crippen molar-refractivity contribution in [3.8, 4) is 0 Å². The molecule has 0 heterocycles. The molecule has 0 aliphatic carbocycles. The summed E-state index contributed by atoms with van der Waals surface area (Å²) in [4.78, 5) is 0. The molecule has 0 unspecified atom stereocenters. The van der Waals surface area contributed by atoms with Crippen LogP contribution in [0.2, 0.25) is 37.8 Å². The summed E-state index contributed by atoms with van der Waals surface area (Å²) in [5.41, 5.74) is 0. The first-order chi connectivity index (χ1) is 7.82. The van der Waals surface area contributed by atoms with Crippen LogP contribution in [0.4, 0.5) is 0 Å². The number of allylic oxidation sites excluding steroid dienone is 2. The zero-order chi connectivity index (χ0) is 13.5. The maximum Gasteiger partial charge on any atom is 0.254 e. The van der Waals surface area contributed by atoms with Gasteiger partial charge in [-0.1, -0.05) is 33.4 Å². The van der Waals surface area contributed by atoms with Crippen molar-refractivity contribution < 1.29 is 8.85 Å². The highest BCUT2D eigenvalue weighted by Gasteiger charge is 2.33. The Kier molecular flexibility index (Phi) is 6.86. The van der Waals surface area contributed by atoms with Crippen molar-refractivity contribution in [3.63, 3.8) is 0 Å². The highest BCUT2D eigenvalue weighted by atomic mass is 28.4. The zero-order valence-corrected chi connectivity index (χ0v) is 14.3. The van der Waals surface area contributed by atoms with Crippen LogP contribution in [0.25, 0.3) is 0 Å². The highest BCUT2D eigenvalue weighted by molar-refractivity contribution is 6.74. The molecule has 0 spiro atoms. The lowest BCUT2D eigenvalue weighted by Gasteiger charge is -2.32. The molecule has 0 atom stereocenters. The van der Waals surface area contributed by atoms with Crippen LogP contribution in [-0.4, -0.2) is 16.6 Å². The Bertz CT molecular complexity index is 255. The van der Waals surface area contributed by atoms with Crippen molar-refractivity contribution in [1.29, 1.82) is 0 Å². The standard InChI is InChI=1S/C13H28O2Si2/c1-8-12-13(14-16(5,6)7)15-17(9-2,10-3)11-4/h8,12H,1,9-11H2,2-7H3/b13-12-. The Labute approximate surface area is 109 Å². The van der Waals surface area contributed by atoms with Gasteiger partial charge < -0.3 is 8.85 Å². The summed E-state index contributed by atoms with van der Waals surface area (Å²) in [5.74, 6) is 0.691. The molecule has 0 aliphatic heterocycles. The smallest absolute Gasteiger partial charge is 0.254 e. The van der Waals surface area contributed by atoms with Crippen LogP contribution in [-0.2, 0) is 8.85 Å². The Hall–Kier alpha value is -0.486. The summed E-state index contributed by atoms with van der Waals surface area (Å²) in [7, 11) is -3.25. The van der Waals surface area contributed by atoms with Gasteiger partial charge in [-0.05, 0) is 37.8 Å². The molecule has 0 aromatic heterocycles. The molecule has 4 heteroatoms. The van der Waals surface area contributed by atoms with Crippen LogP contribution >= 0.6 is 0 Å². The third kappa shape index (κ3) is 6.12. The Morgan fingerprint density at radius 2 is 1.47 bits per heavy atom. The fourth-order valence-corrected chi connectivity index (χ4v) is 4.93. The van der Waals surface area contributed by atoms with E-state index in [1.165, 1.54) is 0 Å². The predicted molar refractivity (Wildman–Crippen MR) is 81.0 cm³/mol. The fourth-order valence-electron chi connectivity index (χ4n) is 1.67. The summed E-state index contributed by atoms with van der Waals surface area (Å²) >= 11 is 0. The third-order valence-electron chi connectivity index (χ3n) is 2.91. The molecule has 100 valence electrons. The van der Waals surface area contributed by atoms with Crippen molar-refractivity contribution in [1.82, 2.24) is 0 Å². The van der Waals surface area contributed by atoms with Gasteiger partial charge in [0.2, 0.25) is 8.32 Å². The van der Waals surface area contributed by atoms with Crippen LogP contribution in [0, 0.1) is 0 Å². The minimum absolute atomic E-state index is 0.691. The van der Waals surface area contributed by atoms with E-state index in [0.29, 0.717) is 5.95 Å². The van der Waals surface area contributed by atoms with Gasteiger partial charge in [0.05, 0.1) is 0 Å². The first kappa shape index (κ1) is 16.5. The number of hydrogen-bond donors (Lipinski definition) is 0. The van der Waals surface area contributed by atoms with E-state index in [2.05, 4.69) is 47.0 Å². The molecule has 0 rings (SSSR count). The molecule has 0 aromatic rings. The predicted octanol–water partition coefficient (Wildman–Crippen LogP) is 4.89. The van der Waals surface area contributed by atoms with Gasteiger partial charge in [-0.25, -0.2) is 0 Å². The normalized spacial score (nSPS) is 13.4. The minimum Gasteiger partial charge on any atom is -0.521 e. The summed E-state index contributed by atoms with van der Waals surface area (Å²) < 4.78 is 12.2. The molecule has 0 amide bonds. The second kappa shape index (κ2) is 7.06. The Balaban J connectivity index is 4.86. The quantitative estimate of drug-likeness (QED) is 0.356. The topological polar surface area (TPSA) is 18.5 Å². The van der Waals surface area contributed by atoms with Gasteiger partial charge in [-0.3, -0.25) is 0 Å². The van der Waals surface area contributed by atoms with Gasteiger partial charge in [-0.15, -0.1) is 0 Å². The molecule has 17 heavy (non-hydrogen) atoms. The van der Waals surface area contributed by atoms with E-state index in [4.69, 9.17) is 8.85 Å². The van der Waals surface area contributed by atoms with Gasteiger partial charge in [0, 0.05) is 6.08 Å². The maximum atomic E-state index is 6.24. The monoisotopic (exact) mass is 272 g/mol. The molecule has 0 aromatic carbocycles. The Morgan fingerprint density at radius 1 is 1.00 bits per heavy atom. The molecule has 0 saturated heterocycles. The van der Waals surface area contributed by atoms with E-state index in [0.717, 1.165) is 18.1 Å². The Morgan fingerprint density at radius 3 is 1.76 bits per heavy atom. The first-order valence-electron chi connectivity index (χ1n) is 6.53. The molecule has 0 radical (unpaired) electrons. The summed E-state index contributed by atoms with van der Waals surface area (Å²) in [6.45, 7) is 16.9. The van der Waals surface area contributed by atoms with Crippen molar-refractivity contribution in [2.24, 2.45) is 0 Å². The van der Waals surface area contributed by atoms with Gasteiger partial charge in [-0.2, -0.15) is 0 Å². The van der Waals surface area contributed by atoms with Gasteiger partial charge in [0.15, 0.2) is 0 Å². The van der Waals surface area contributed by atoms with Crippen LogP contribution in [0.5, 0.6) is 0 Å². The second-order valence-corrected chi connectivity index (χ2v) is 14.4. The van der Waals surface area contributed by atoms with E-state index in [1.54, 1.807) is 6.08 Å². The lowest BCUT2D eigenvalue weighted by molar-refractivity contribution is 0.211. The lowest BCUT2D eigenvalue weighted by atomic mass is 10.6. The van der Waals surface area contributed by atoms with E-state index < -0.39 is 16.6 Å². The molecule has 2 nitrogen and oxygen atoms in total. The minimum atomic E-state index is -1.64. The third-order valence-corrected chi connectivity index (χ3v) is 8.22. The largest absolute Gasteiger partial charge is 0.521 e. The average Bonchev–Trinajstić information content (AvgIpc) is 2.24. The number of hydrogen-bond acceptors (Lipinski definition) is 2. The number of rotatable bonds is 8. The summed E-state index contributed by atoms with van der Waals surface area (Å²) in [6, 6.07) is 3.39. The summed E-state index contributed by atoms with van der Waals surface area (Å²) in [5, 5.41) is 0. The van der Waals surface area contributed by atoms with Gasteiger partial charge in [0.25, 0.3) is 14.3 Å². The molecular weight excluding hydrogens is 244 g/mol. The fraction of sp³-hybridized carbons (Fsp3) is 0.692. The first-order valence-corrected chi connectivity index (χ1v) is 12.5. The van der Waals surface area contributed by atoms with Gasteiger partial charge in [0.1, 0.15) is 0 Å². The van der Waals surface area contributed by atoms with Crippen LogP contribution < -0.4 is 0 Å². The SMILES string of the molecule is C=C/C=C(/O[Si](C)(C)C)O[Si](CC)(CC)CC. The molecule has 0 bridgehead atoms. The second-order valence-electron chi connectivity index (χ2n) is 5.28. The maximum absolute atomic E-state index is 6.24. The van der Waals surface area contributed by atoms with Crippen molar-refractivity contribution >= 4 is 16.6 Å². The zero-order valence-electron chi connectivity index (χ0n) is 12.3. The summed E-state index contributed by atoms with van der Waals surface area (Å²) in [6.07, 6.45) is 3.61. The lowest BCUT2D eigenvalue weighted by Crippen LogP contribution is -2.37. The van der Waals surface area contributed by atoms with E-state index in [-0.39, 0.29) is 0 Å². The highest BCUT2D eigenvalue weighted by Crippen LogP contribution is 2.26. The molecule has 0 fully saturated rings.